The fourth-order valence-corrected chi connectivity index (χ4v) is 3.97. The maximum absolute atomic E-state index is 13.2. The van der Waals surface area contributed by atoms with Crippen molar-refractivity contribution in [2.24, 2.45) is 0 Å². The van der Waals surface area contributed by atoms with Crippen LogP contribution in [0.15, 0.2) is 36.7 Å². The van der Waals surface area contributed by atoms with Crippen LogP contribution in [0, 0.1) is 6.92 Å². The fourth-order valence-electron chi connectivity index (χ4n) is 3.97. The summed E-state index contributed by atoms with van der Waals surface area (Å²) in [5, 5.41) is 15.5. The monoisotopic (exact) mass is 442 g/mol. The van der Waals surface area contributed by atoms with Crippen molar-refractivity contribution in [3.05, 3.63) is 53.3 Å². The number of halogens is 1. The Bertz CT molecular complexity index is 1030. The van der Waals surface area contributed by atoms with Crippen LogP contribution in [0.3, 0.4) is 0 Å². The Balaban J connectivity index is 0.00000272. The van der Waals surface area contributed by atoms with Gasteiger partial charge in [0.05, 0.1) is 28.9 Å². The van der Waals surface area contributed by atoms with Gasteiger partial charge in [0.25, 0.3) is 5.91 Å². The average molecular weight is 443 g/mol. The van der Waals surface area contributed by atoms with E-state index >= 15 is 0 Å². The summed E-state index contributed by atoms with van der Waals surface area (Å²) in [5.41, 5.74) is 4.48. The second kappa shape index (κ2) is 10.1. The first kappa shape index (κ1) is 23.0. The van der Waals surface area contributed by atoms with E-state index in [1.807, 2.05) is 24.7 Å². The summed E-state index contributed by atoms with van der Waals surface area (Å²) in [5.74, 6) is -0.127. The van der Waals surface area contributed by atoms with E-state index in [4.69, 9.17) is 0 Å². The third-order valence-electron chi connectivity index (χ3n) is 5.82. The molecule has 7 nitrogen and oxygen atoms in total. The van der Waals surface area contributed by atoms with Gasteiger partial charge in [0.1, 0.15) is 0 Å². The highest BCUT2D eigenvalue weighted by molar-refractivity contribution is 6.06. The largest absolute Gasteiger partial charge is 0.381 e. The van der Waals surface area contributed by atoms with Gasteiger partial charge in [-0.2, -0.15) is 5.10 Å². The van der Waals surface area contributed by atoms with Crippen molar-refractivity contribution < 1.29 is 4.79 Å². The molecule has 3 heterocycles. The molecule has 0 unspecified atom stereocenters. The molecule has 1 saturated heterocycles. The molecular formula is C23H31ClN6O. The number of aromatic nitrogens is 3. The Morgan fingerprint density at radius 2 is 1.94 bits per heavy atom. The van der Waals surface area contributed by atoms with E-state index < -0.39 is 0 Å². The Morgan fingerprint density at radius 1 is 1.23 bits per heavy atom. The van der Waals surface area contributed by atoms with E-state index in [1.54, 1.807) is 6.20 Å². The minimum absolute atomic E-state index is 0. The molecule has 1 atom stereocenters. The van der Waals surface area contributed by atoms with Crippen LogP contribution < -0.4 is 16.0 Å². The van der Waals surface area contributed by atoms with Crippen molar-refractivity contribution in [2.75, 3.05) is 18.4 Å². The highest BCUT2D eigenvalue weighted by Gasteiger charge is 2.22. The Hall–Kier alpha value is -2.64. The lowest BCUT2D eigenvalue weighted by Gasteiger charge is -2.26. The van der Waals surface area contributed by atoms with Gasteiger partial charge in [0, 0.05) is 18.8 Å². The quantitative estimate of drug-likeness (QED) is 0.540. The van der Waals surface area contributed by atoms with Crippen molar-refractivity contribution in [3.8, 4) is 0 Å². The van der Waals surface area contributed by atoms with Crippen molar-refractivity contribution in [1.82, 2.24) is 25.4 Å². The molecule has 8 heteroatoms. The van der Waals surface area contributed by atoms with Crippen LogP contribution in [0.25, 0.3) is 11.0 Å². The van der Waals surface area contributed by atoms with Crippen molar-refractivity contribution in [3.63, 3.8) is 0 Å². The average Bonchev–Trinajstić information content (AvgIpc) is 3.18. The number of hydrogen-bond donors (Lipinski definition) is 3. The van der Waals surface area contributed by atoms with Crippen LogP contribution in [0.2, 0.25) is 0 Å². The molecule has 1 aliphatic rings. The molecule has 166 valence electrons. The molecule has 0 spiro atoms. The summed E-state index contributed by atoms with van der Waals surface area (Å²) in [6, 6.07) is 8.47. The van der Waals surface area contributed by atoms with Gasteiger partial charge >= 0.3 is 0 Å². The number of amides is 1. The maximum atomic E-state index is 13.2. The topological polar surface area (TPSA) is 83.9 Å². The first-order valence-electron chi connectivity index (χ1n) is 10.8. The number of aryl methyl sites for hydroxylation is 2. The van der Waals surface area contributed by atoms with Crippen LogP contribution in [-0.4, -0.2) is 39.8 Å². The predicted octanol–water partition coefficient (Wildman–Crippen LogP) is 3.84. The Morgan fingerprint density at radius 3 is 2.61 bits per heavy atom. The molecule has 0 bridgehead atoms. The van der Waals surface area contributed by atoms with Gasteiger partial charge in [-0.1, -0.05) is 29.8 Å². The number of pyridine rings is 1. The highest BCUT2D eigenvalue weighted by Crippen LogP contribution is 2.28. The number of carbonyl (C=O) groups is 1. The third-order valence-corrected chi connectivity index (χ3v) is 5.82. The van der Waals surface area contributed by atoms with E-state index in [2.05, 4.69) is 57.2 Å². The van der Waals surface area contributed by atoms with E-state index in [-0.39, 0.29) is 24.4 Å². The van der Waals surface area contributed by atoms with Crippen LogP contribution in [0.4, 0.5) is 5.69 Å². The number of benzene rings is 1. The summed E-state index contributed by atoms with van der Waals surface area (Å²) in [7, 11) is 0. The molecule has 31 heavy (non-hydrogen) atoms. The molecule has 2 aromatic heterocycles. The number of nitrogens with one attached hydrogen (secondary N) is 3. The normalized spacial score (nSPS) is 15.3. The number of anilines is 1. The van der Waals surface area contributed by atoms with Gasteiger partial charge in [-0.25, -0.2) is 9.67 Å². The lowest BCUT2D eigenvalue weighted by Crippen LogP contribution is -2.36. The Kier molecular flexibility index (Phi) is 7.51. The summed E-state index contributed by atoms with van der Waals surface area (Å²) in [6.45, 7) is 8.79. The van der Waals surface area contributed by atoms with E-state index in [1.165, 1.54) is 5.56 Å². The molecule has 1 fully saturated rings. The van der Waals surface area contributed by atoms with Crippen molar-refractivity contribution in [1.29, 1.82) is 0 Å². The molecule has 0 radical (unpaired) electrons. The zero-order valence-electron chi connectivity index (χ0n) is 18.3. The molecule has 3 aromatic rings. The summed E-state index contributed by atoms with van der Waals surface area (Å²) >= 11 is 0. The van der Waals surface area contributed by atoms with E-state index in [0.29, 0.717) is 11.6 Å². The van der Waals surface area contributed by atoms with Crippen molar-refractivity contribution >= 4 is 35.0 Å². The number of carbonyl (C=O) groups excluding carboxylic acids is 1. The number of nitrogens with zero attached hydrogens (tertiary/aromatic N) is 3. The van der Waals surface area contributed by atoms with Crippen LogP contribution >= 0.6 is 12.4 Å². The molecule has 1 aliphatic heterocycles. The lowest BCUT2D eigenvalue weighted by molar-refractivity contribution is 0.0940. The molecule has 0 saturated carbocycles. The summed E-state index contributed by atoms with van der Waals surface area (Å²) < 4.78 is 1.86. The maximum Gasteiger partial charge on any atom is 0.255 e. The summed E-state index contributed by atoms with van der Waals surface area (Å²) in [6.07, 6.45) is 5.53. The first-order chi connectivity index (χ1) is 14.6. The second-order valence-corrected chi connectivity index (χ2v) is 8.02. The number of piperidine rings is 1. The molecule has 1 amide bonds. The minimum Gasteiger partial charge on any atom is -0.381 e. The van der Waals surface area contributed by atoms with Crippen LogP contribution in [0.5, 0.6) is 0 Å². The van der Waals surface area contributed by atoms with Crippen LogP contribution in [0.1, 0.15) is 54.2 Å². The summed E-state index contributed by atoms with van der Waals surface area (Å²) in [4.78, 5) is 17.8. The SMILES string of the molecule is CCn1ncc2c(NC3CCNCC3)c(C(=O)N[C@H](C)c3ccc(C)cc3)cnc21.Cl. The minimum atomic E-state index is -0.127. The highest BCUT2D eigenvalue weighted by atomic mass is 35.5. The number of rotatable bonds is 6. The molecule has 0 aliphatic carbocycles. The smallest absolute Gasteiger partial charge is 0.255 e. The molecule has 1 aromatic carbocycles. The zero-order chi connectivity index (χ0) is 21.1. The number of fused-ring (bicyclic) bond motifs is 1. The second-order valence-electron chi connectivity index (χ2n) is 8.02. The lowest BCUT2D eigenvalue weighted by atomic mass is 10.0. The van der Waals surface area contributed by atoms with Gasteiger partial charge < -0.3 is 16.0 Å². The van der Waals surface area contributed by atoms with Gasteiger partial charge in [0.15, 0.2) is 5.65 Å². The van der Waals surface area contributed by atoms with Gasteiger partial charge in [-0.05, 0) is 52.3 Å². The van der Waals surface area contributed by atoms with Crippen LogP contribution in [-0.2, 0) is 6.54 Å². The molecular weight excluding hydrogens is 412 g/mol. The zero-order valence-corrected chi connectivity index (χ0v) is 19.1. The standard InChI is InChI=1S/C23H30N6O.ClH/c1-4-29-22-19(14-26-29)21(28-18-9-11-24-12-10-18)20(13-25-22)23(30)27-16(3)17-7-5-15(2)6-8-17;/h5-8,13-14,16,18,24H,4,9-12H2,1-3H3,(H,25,28)(H,27,30);1H/t16-;/m1./s1. The van der Waals surface area contributed by atoms with E-state index in [9.17, 15) is 4.79 Å². The third kappa shape index (κ3) is 4.99. The fraction of sp³-hybridized carbons (Fsp3) is 0.435. The first-order valence-corrected chi connectivity index (χ1v) is 10.8. The van der Waals surface area contributed by atoms with Gasteiger partial charge in [0.2, 0.25) is 0 Å². The molecule has 3 N–H and O–H groups in total. The van der Waals surface area contributed by atoms with E-state index in [0.717, 1.165) is 54.8 Å². The predicted molar refractivity (Wildman–Crippen MR) is 127 cm³/mol. The van der Waals surface area contributed by atoms with Gasteiger partial charge in [-0.3, -0.25) is 4.79 Å². The Labute approximate surface area is 189 Å². The van der Waals surface area contributed by atoms with Gasteiger partial charge in [-0.15, -0.1) is 12.4 Å². The molecule has 4 rings (SSSR count). The number of hydrogen-bond acceptors (Lipinski definition) is 5. The van der Waals surface area contributed by atoms with Crippen molar-refractivity contribution in [2.45, 2.75) is 52.2 Å².